The van der Waals surface area contributed by atoms with Crippen LogP contribution in [0.2, 0.25) is 0 Å². The Morgan fingerprint density at radius 2 is 1.64 bits per heavy atom. The molecule has 112 valence electrons. The summed E-state index contributed by atoms with van der Waals surface area (Å²) in [5.74, 6) is 0. The highest BCUT2D eigenvalue weighted by atomic mass is 79.9. The van der Waals surface area contributed by atoms with Crippen molar-refractivity contribution in [2.45, 2.75) is 11.8 Å². The van der Waals surface area contributed by atoms with Gasteiger partial charge in [0.1, 0.15) is 0 Å². The fourth-order valence-corrected chi connectivity index (χ4v) is 3.67. The van der Waals surface area contributed by atoms with Crippen LogP contribution in [0.25, 0.3) is 10.8 Å². The van der Waals surface area contributed by atoms with E-state index in [1.54, 1.807) is 24.3 Å². The standard InChI is InChI=1S/C17H14BrNO2S/c1-12-6-8-15(11-17(12)18)19-22(20,21)16-9-7-13-4-2-3-5-14(13)10-16/h2-11,19H,1H3. The van der Waals surface area contributed by atoms with Gasteiger partial charge in [0.25, 0.3) is 10.0 Å². The third-order valence-corrected chi connectivity index (χ3v) is 5.69. The summed E-state index contributed by atoms with van der Waals surface area (Å²) in [7, 11) is -3.61. The van der Waals surface area contributed by atoms with Crippen molar-refractivity contribution in [3.8, 4) is 0 Å². The number of benzene rings is 3. The van der Waals surface area contributed by atoms with Gasteiger partial charge >= 0.3 is 0 Å². The molecule has 0 atom stereocenters. The average Bonchev–Trinajstić information content (AvgIpc) is 2.50. The largest absolute Gasteiger partial charge is 0.280 e. The summed E-state index contributed by atoms with van der Waals surface area (Å²) in [4.78, 5) is 0.253. The third kappa shape index (κ3) is 3.00. The highest BCUT2D eigenvalue weighted by Gasteiger charge is 2.15. The summed E-state index contributed by atoms with van der Waals surface area (Å²) in [6.45, 7) is 1.95. The second kappa shape index (κ2) is 5.74. The summed E-state index contributed by atoms with van der Waals surface area (Å²) >= 11 is 3.41. The normalized spacial score (nSPS) is 11.5. The number of fused-ring (bicyclic) bond motifs is 1. The van der Waals surface area contributed by atoms with Gasteiger partial charge in [-0.05, 0) is 47.5 Å². The summed E-state index contributed by atoms with van der Waals surface area (Å²) in [5, 5.41) is 1.91. The molecule has 0 heterocycles. The molecule has 3 aromatic carbocycles. The first kappa shape index (κ1) is 15.1. The van der Waals surface area contributed by atoms with Crippen LogP contribution in [0.15, 0.2) is 70.0 Å². The van der Waals surface area contributed by atoms with E-state index in [4.69, 9.17) is 0 Å². The Morgan fingerprint density at radius 1 is 0.909 bits per heavy atom. The molecular formula is C17H14BrNO2S. The van der Waals surface area contributed by atoms with Crippen molar-refractivity contribution in [1.82, 2.24) is 0 Å². The lowest BCUT2D eigenvalue weighted by Gasteiger charge is -2.10. The van der Waals surface area contributed by atoms with Crippen LogP contribution in [0.5, 0.6) is 0 Å². The summed E-state index contributed by atoms with van der Waals surface area (Å²) in [6.07, 6.45) is 0. The molecular weight excluding hydrogens is 362 g/mol. The van der Waals surface area contributed by atoms with Crippen LogP contribution in [0.1, 0.15) is 5.56 Å². The van der Waals surface area contributed by atoms with Crippen molar-refractivity contribution in [3.63, 3.8) is 0 Å². The number of hydrogen-bond donors (Lipinski definition) is 1. The molecule has 0 aliphatic rings. The van der Waals surface area contributed by atoms with Crippen LogP contribution in [-0.2, 0) is 10.0 Å². The lowest BCUT2D eigenvalue weighted by atomic mass is 10.1. The Bertz CT molecular complexity index is 952. The van der Waals surface area contributed by atoms with E-state index in [1.807, 2.05) is 43.3 Å². The van der Waals surface area contributed by atoms with Gasteiger partial charge in [0.2, 0.25) is 0 Å². The number of halogens is 1. The van der Waals surface area contributed by atoms with E-state index in [-0.39, 0.29) is 4.90 Å². The first-order valence-corrected chi connectivity index (χ1v) is 9.01. The van der Waals surface area contributed by atoms with E-state index in [0.29, 0.717) is 5.69 Å². The highest BCUT2D eigenvalue weighted by Crippen LogP contribution is 2.24. The van der Waals surface area contributed by atoms with Crippen LogP contribution < -0.4 is 4.72 Å². The zero-order valence-electron chi connectivity index (χ0n) is 11.9. The Hall–Kier alpha value is -1.85. The molecule has 0 fully saturated rings. The summed E-state index contributed by atoms with van der Waals surface area (Å²) in [6, 6.07) is 18.2. The van der Waals surface area contributed by atoms with Gasteiger partial charge in [-0.1, -0.05) is 52.3 Å². The van der Waals surface area contributed by atoms with E-state index in [1.165, 1.54) is 0 Å². The number of anilines is 1. The van der Waals surface area contributed by atoms with Gasteiger partial charge in [-0.3, -0.25) is 4.72 Å². The van der Waals surface area contributed by atoms with Crippen molar-refractivity contribution < 1.29 is 8.42 Å². The average molecular weight is 376 g/mol. The van der Waals surface area contributed by atoms with E-state index < -0.39 is 10.0 Å². The van der Waals surface area contributed by atoms with Gasteiger partial charge in [0.05, 0.1) is 4.90 Å². The second-order valence-electron chi connectivity index (χ2n) is 5.08. The zero-order valence-corrected chi connectivity index (χ0v) is 14.3. The molecule has 0 saturated carbocycles. The van der Waals surface area contributed by atoms with Crippen LogP contribution in [0, 0.1) is 6.92 Å². The molecule has 0 radical (unpaired) electrons. The van der Waals surface area contributed by atoms with Crippen molar-refractivity contribution >= 4 is 42.4 Å². The molecule has 3 rings (SSSR count). The molecule has 0 spiro atoms. The minimum absolute atomic E-state index is 0.253. The van der Waals surface area contributed by atoms with Crippen molar-refractivity contribution in [3.05, 3.63) is 70.7 Å². The third-order valence-electron chi connectivity index (χ3n) is 3.46. The number of hydrogen-bond acceptors (Lipinski definition) is 2. The van der Waals surface area contributed by atoms with Gasteiger partial charge in [0, 0.05) is 10.2 Å². The number of rotatable bonds is 3. The van der Waals surface area contributed by atoms with Crippen LogP contribution in [0.3, 0.4) is 0 Å². The molecule has 3 nitrogen and oxygen atoms in total. The smallest absolute Gasteiger partial charge is 0.261 e. The molecule has 1 N–H and O–H groups in total. The fraction of sp³-hybridized carbons (Fsp3) is 0.0588. The molecule has 3 aromatic rings. The monoisotopic (exact) mass is 375 g/mol. The van der Waals surface area contributed by atoms with Crippen LogP contribution >= 0.6 is 15.9 Å². The molecule has 5 heteroatoms. The first-order valence-electron chi connectivity index (χ1n) is 6.73. The topological polar surface area (TPSA) is 46.2 Å². The number of aryl methyl sites for hydroxylation is 1. The molecule has 0 unspecified atom stereocenters. The van der Waals surface area contributed by atoms with Gasteiger partial charge in [-0.2, -0.15) is 0 Å². The zero-order chi connectivity index (χ0) is 15.7. The molecule has 0 aliphatic carbocycles. The van der Waals surface area contributed by atoms with Crippen LogP contribution in [0.4, 0.5) is 5.69 Å². The second-order valence-corrected chi connectivity index (χ2v) is 7.62. The SMILES string of the molecule is Cc1ccc(NS(=O)(=O)c2ccc3ccccc3c2)cc1Br. The van der Waals surface area contributed by atoms with E-state index in [2.05, 4.69) is 20.7 Å². The van der Waals surface area contributed by atoms with Gasteiger partial charge < -0.3 is 0 Å². The Labute approximate surface area is 138 Å². The summed E-state index contributed by atoms with van der Waals surface area (Å²) < 4.78 is 28.5. The first-order chi connectivity index (χ1) is 10.5. The lowest BCUT2D eigenvalue weighted by molar-refractivity contribution is 0.601. The number of nitrogens with one attached hydrogen (secondary N) is 1. The molecule has 0 aromatic heterocycles. The summed E-state index contributed by atoms with van der Waals surface area (Å²) in [5.41, 5.74) is 1.58. The maximum Gasteiger partial charge on any atom is 0.261 e. The van der Waals surface area contributed by atoms with E-state index in [9.17, 15) is 8.42 Å². The quantitative estimate of drug-likeness (QED) is 0.720. The van der Waals surface area contributed by atoms with E-state index >= 15 is 0 Å². The maximum atomic E-state index is 12.5. The molecule has 0 saturated heterocycles. The van der Waals surface area contributed by atoms with Gasteiger partial charge in [0.15, 0.2) is 0 Å². The molecule has 0 amide bonds. The van der Waals surface area contributed by atoms with Gasteiger partial charge in [-0.15, -0.1) is 0 Å². The Balaban J connectivity index is 1.98. The lowest BCUT2D eigenvalue weighted by Crippen LogP contribution is -2.12. The van der Waals surface area contributed by atoms with Crippen LogP contribution in [-0.4, -0.2) is 8.42 Å². The van der Waals surface area contributed by atoms with Crippen molar-refractivity contribution in [1.29, 1.82) is 0 Å². The van der Waals surface area contributed by atoms with Crippen molar-refractivity contribution in [2.24, 2.45) is 0 Å². The highest BCUT2D eigenvalue weighted by molar-refractivity contribution is 9.10. The molecule has 0 bridgehead atoms. The maximum absolute atomic E-state index is 12.5. The van der Waals surface area contributed by atoms with E-state index in [0.717, 1.165) is 20.8 Å². The molecule has 0 aliphatic heterocycles. The Kier molecular flexibility index (Phi) is 3.93. The molecule has 22 heavy (non-hydrogen) atoms. The number of sulfonamides is 1. The predicted molar refractivity (Wildman–Crippen MR) is 93.6 cm³/mol. The fourth-order valence-electron chi connectivity index (χ4n) is 2.20. The minimum atomic E-state index is -3.61. The van der Waals surface area contributed by atoms with Gasteiger partial charge in [-0.25, -0.2) is 8.42 Å². The van der Waals surface area contributed by atoms with Crippen molar-refractivity contribution in [2.75, 3.05) is 4.72 Å². The minimum Gasteiger partial charge on any atom is -0.280 e. The predicted octanol–water partition coefficient (Wildman–Crippen LogP) is 4.71. The Morgan fingerprint density at radius 3 is 2.36 bits per heavy atom.